The van der Waals surface area contributed by atoms with Gasteiger partial charge in [-0.15, -0.1) is 0 Å². The number of allylic oxidation sites excluding steroid dienone is 7. The number of unbranched alkanes of at least 4 members (excludes halogenated alkanes) is 23. The summed E-state index contributed by atoms with van der Waals surface area (Å²) in [6, 6.07) is -0.933. The van der Waals surface area contributed by atoms with E-state index in [9.17, 15) is 45.6 Å². The second kappa shape index (κ2) is 41.4. The summed E-state index contributed by atoms with van der Waals surface area (Å²) in [5, 5.41) is 86.9. The highest BCUT2D eigenvalue weighted by Crippen LogP contribution is 2.30. The van der Waals surface area contributed by atoms with Crippen LogP contribution < -0.4 is 5.32 Å². The molecule has 14 heteroatoms. The first-order valence-electron chi connectivity index (χ1n) is 27.4. The minimum atomic E-state index is -1.79. The Balaban J connectivity index is 1.83. The molecule has 12 atom stereocenters. The van der Waals surface area contributed by atoms with Crippen molar-refractivity contribution in [3.8, 4) is 0 Å². The van der Waals surface area contributed by atoms with Gasteiger partial charge in [0.05, 0.1) is 32.0 Å². The number of nitrogens with one attached hydrogen (secondary N) is 1. The van der Waals surface area contributed by atoms with Gasteiger partial charge in [0.25, 0.3) is 0 Å². The van der Waals surface area contributed by atoms with E-state index in [1.165, 1.54) is 122 Å². The fourth-order valence-electron chi connectivity index (χ4n) is 8.75. The summed E-state index contributed by atoms with van der Waals surface area (Å²) in [6.07, 6.45) is 32.8. The van der Waals surface area contributed by atoms with Gasteiger partial charge in [0.15, 0.2) is 12.6 Å². The van der Waals surface area contributed by atoms with Crippen molar-refractivity contribution in [2.45, 2.75) is 274 Å². The largest absolute Gasteiger partial charge is 0.394 e. The van der Waals surface area contributed by atoms with Crippen molar-refractivity contribution in [1.82, 2.24) is 5.32 Å². The fourth-order valence-corrected chi connectivity index (χ4v) is 8.75. The molecular formula is C55H99NO13. The molecule has 0 radical (unpaired) electrons. The van der Waals surface area contributed by atoms with Crippen LogP contribution in [0.15, 0.2) is 48.6 Å². The van der Waals surface area contributed by atoms with E-state index in [0.29, 0.717) is 12.8 Å². The van der Waals surface area contributed by atoms with E-state index >= 15 is 0 Å². The summed E-state index contributed by atoms with van der Waals surface area (Å²) in [5.41, 5.74) is 0. The predicted molar refractivity (Wildman–Crippen MR) is 272 cm³/mol. The number of amides is 1. The van der Waals surface area contributed by atoms with E-state index < -0.39 is 86.8 Å². The van der Waals surface area contributed by atoms with E-state index in [-0.39, 0.29) is 18.9 Å². The predicted octanol–water partition coefficient (Wildman–Crippen LogP) is 8.05. The van der Waals surface area contributed by atoms with Crippen LogP contribution in [0.3, 0.4) is 0 Å². The quantitative estimate of drug-likeness (QED) is 0.0209. The van der Waals surface area contributed by atoms with E-state index in [1.807, 2.05) is 6.08 Å². The minimum Gasteiger partial charge on any atom is -0.394 e. The Hall–Kier alpha value is -2.05. The minimum absolute atomic E-state index is 0.255. The maximum Gasteiger partial charge on any atom is 0.220 e. The van der Waals surface area contributed by atoms with E-state index in [1.54, 1.807) is 6.08 Å². The molecule has 2 aliphatic heterocycles. The zero-order chi connectivity index (χ0) is 50.3. The second-order valence-electron chi connectivity index (χ2n) is 19.3. The van der Waals surface area contributed by atoms with Gasteiger partial charge in [-0.3, -0.25) is 4.79 Å². The Morgan fingerprint density at radius 2 is 0.971 bits per heavy atom. The molecule has 69 heavy (non-hydrogen) atoms. The molecule has 9 N–H and O–H groups in total. The van der Waals surface area contributed by atoms with Crippen molar-refractivity contribution >= 4 is 5.91 Å². The third-order valence-corrected chi connectivity index (χ3v) is 13.2. The molecule has 2 aliphatic rings. The Kier molecular flexibility index (Phi) is 37.9. The lowest BCUT2D eigenvalue weighted by Gasteiger charge is -2.46. The molecule has 14 nitrogen and oxygen atoms in total. The van der Waals surface area contributed by atoms with Gasteiger partial charge in [0, 0.05) is 6.42 Å². The first-order chi connectivity index (χ1) is 33.6. The molecule has 0 aromatic heterocycles. The van der Waals surface area contributed by atoms with E-state index in [4.69, 9.17) is 18.9 Å². The van der Waals surface area contributed by atoms with Gasteiger partial charge in [-0.1, -0.05) is 178 Å². The molecule has 0 saturated carbocycles. The highest BCUT2D eigenvalue weighted by Gasteiger charge is 2.51. The summed E-state index contributed by atoms with van der Waals surface area (Å²) in [6.45, 7) is 2.74. The van der Waals surface area contributed by atoms with Gasteiger partial charge in [-0.05, 0) is 64.2 Å². The molecule has 2 fully saturated rings. The van der Waals surface area contributed by atoms with Crippen LogP contribution in [0.25, 0.3) is 0 Å². The molecule has 0 spiro atoms. The number of ether oxygens (including phenoxy) is 4. The second-order valence-corrected chi connectivity index (χ2v) is 19.3. The summed E-state index contributed by atoms with van der Waals surface area (Å²) >= 11 is 0. The van der Waals surface area contributed by atoms with Crippen molar-refractivity contribution in [2.24, 2.45) is 0 Å². The Morgan fingerprint density at radius 3 is 1.54 bits per heavy atom. The number of aliphatic hydroxyl groups excluding tert-OH is 8. The standard InChI is InChI=1S/C55H99NO13/c1-3-5-7-9-11-13-15-17-19-21-22-23-25-27-29-31-33-35-37-39-47(60)56-43(44(59)38-36-34-32-30-28-26-24-20-18-16-14-12-10-8-6-4-2)42-66-54-52(65)50(63)53(46(41-58)68-54)69-55-51(64)49(62)48(61)45(40-57)67-55/h11,13,17,19,28,30,36,38,43-46,48-55,57-59,61-65H,3-10,12,14-16,18,20-27,29,31-35,37,39-42H2,1-2H3,(H,56,60)/b13-11-,19-17-,30-28+,38-36+. The zero-order valence-electron chi connectivity index (χ0n) is 42.8. The number of carbonyl (C=O) groups is 1. The van der Waals surface area contributed by atoms with Crippen molar-refractivity contribution in [2.75, 3.05) is 19.8 Å². The van der Waals surface area contributed by atoms with Crippen LogP contribution in [0.4, 0.5) is 0 Å². The number of carbonyl (C=O) groups excluding carboxylic acids is 1. The molecule has 0 aromatic carbocycles. The van der Waals surface area contributed by atoms with Crippen LogP contribution in [0.2, 0.25) is 0 Å². The lowest BCUT2D eigenvalue weighted by atomic mass is 9.97. The molecule has 2 saturated heterocycles. The third kappa shape index (κ3) is 28.1. The average molecular weight is 982 g/mol. The lowest BCUT2D eigenvalue weighted by molar-refractivity contribution is -0.359. The number of aliphatic hydroxyl groups is 8. The number of hydrogen-bond donors (Lipinski definition) is 9. The Bertz CT molecular complexity index is 1340. The fraction of sp³-hybridized carbons (Fsp3) is 0.836. The lowest BCUT2D eigenvalue weighted by Crippen LogP contribution is -2.65. The SMILES string of the molecule is CCCCC/C=C\C/C=C\CCCCCCCCCCCC(=O)NC(COC1OC(CO)C(OC2OC(CO)C(O)C(O)C2O)C(O)C1O)C(O)/C=C/CC/C=C/CCCCCCCCCCCC. The van der Waals surface area contributed by atoms with Gasteiger partial charge in [-0.25, -0.2) is 0 Å². The molecule has 0 aliphatic carbocycles. The van der Waals surface area contributed by atoms with Gasteiger partial charge >= 0.3 is 0 Å². The molecule has 402 valence electrons. The summed E-state index contributed by atoms with van der Waals surface area (Å²) in [4.78, 5) is 13.2. The molecular weight excluding hydrogens is 883 g/mol. The smallest absolute Gasteiger partial charge is 0.220 e. The Morgan fingerprint density at radius 1 is 0.522 bits per heavy atom. The molecule has 0 bridgehead atoms. The average Bonchev–Trinajstić information content (AvgIpc) is 3.35. The van der Waals surface area contributed by atoms with Crippen LogP contribution in [-0.2, 0) is 23.7 Å². The molecule has 1 amide bonds. The first-order valence-corrected chi connectivity index (χ1v) is 27.4. The van der Waals surface area contributed by atoms with Crippen LogP contribution in [0, 0.1) is 0 Å². The van der Waals surface area contributed by atoms with Crippen molar-refractivity contribution in [3.05, 3.63) is 48.6 Å². The summed E-state index contributed by atoms with van der Waals surface area (Å²) < 4.78 is 22.7. The third-order valence-electron chi connectivity index (χ3n) is 13.2. The zero-order valence-corrected chi connectivity index (χ0v) is 42.8. The normalized spacial score (nSPS) is 26.5. The van der Waals surface area contributed by atoms with Crippen LogP contribution in [-0.4, -0.2) is 140 Å². The van der Waals surface area contributed by atoms with Crippen LogP contribution in [0.5, 0.6) is 0 Å². The highest BCUT2D eigenvalue weighted by molar-refractivity contribution is 5.76. The van der Waals surface area contributed by atoms with Gasteiger partial charge in [0.2, 0.25) is 5.91 Å². The molecule has 0 aromatic rings. The van der Waals surface area contributed by atoms with Gasteiger partial charge in [-0.2, -0.15) is 0 Å². The maximum atomic E-state index is 13.2. The van der Waals surface area contributed by atoms with Crippen molar-refractivity contribution in [1.29, 1.82) is 0 Å². The summed E-state index contributed by atoms with van der Waals surface area (Å²) in [7, 11) is 0. The molecule has 12 unspecified atom stereocenters. The van der Waals surface area contributed by atoms with Gasteiger partial charge in [0.1, 0.15) is 48.8 Å². The highest BCUT2D eigenvalue weighted by atomic mass is 16.7. The Labute approximate surface area is 416 Å². The topological polar surface area (TPSA) is 228 Å². The van der Waals surface area contributed by atoms with Crippen molar-refractivity contribution < 1.29 is 64.6 Å². The number of hydrogen-bond acceptors (Lipinski definition) is 13. The number of rotatable bonds is 42. The van der Waals surface area contributed by atoms with Crippen molar-refractivity contribution in [3.63, 3.8) is 0 Å². The monoisotopic (exact) mass is 982 g/mol. The molecule has 2 heterocycles. The first kappa shape index (κ1) is 63.1. The van der Waals surface area contributed by atoms with Crippen LogP contribution >= 0.6 is 0 Å². The molecule has 2 rings (SSSR count). The van der Waals surface area contributed by atoms with E-state index in [0.717, 1.165) is 44.9 Å². The maximum absolute atomic E-state index is 13.2. The van der Waals surface area contributed by atoms with Gasteiger partial charge < -0.3 is 65.1 Å². The van der Waals surface area contributed by atoms with Crippen LogP contribution in [0.1, 0.15) is 200 Å². The van der Waals surface area contributed by atoms with E-state index in [2.05, 4.69) is 55.6 Å². The summed E-state index contributed by atoms with van der Waals surface area (Å²) in [5.74, 6) is -0.255.